The number of benzene rings is 1. The largest absolute Gasteiger partial charge is 0.490 e. The van der Waals surface area contributed by atoms with E-state index in [1.54, 1.807) is 19.9 Å². The fourth-order valence-electron chi connectivity index (χ4n) is 2.42. The van der Waals surface area contributed by atoms with Crippen molar-refractivity contribution in [1.82, 2.24) is 4.98 Å². The molecule has 0 aliphatic rings. The molecule has 0 N–H and O–H groups in total. The van der Waals surface area contributed by atoms with Gasteiger partial charge in [-0.1, -0.05) is 0 Å². The predicted molar refractivity (Wildman–Crippen MR) is 95.5 cm³/mol. The highest BCUT2D eigenvalue weighted by Gasteiger charge is 2.14. The standard InChI is InChI=1S/C19H25NO5/c1-6-22-17-9-14-15(10-18(17)23-7-2)20-13(5)8-16(14)24-11-19(21)25-12(3)4/h8-10,12H,6-7,11H2,1-5H3. The summed E-state index contributed by atoms with van der Waals surface area (Å²) in [4.78, 5) is 16.3. The van der Waals surface area contributed by atoms with Gasteiger partial charge < -0.3 is 18.9 Å². The summed E-state index contributed by atoms with van der Waals surface area (Å²) in [5.74, 6) is 1.41. The van der Waals surface area contributed by atoms with E-state index < -0.39 is 5.97 Å². The lowest BCUT2D eigenvalue weighted by molar-refractivity contribution is -0.149. The third-order valence-corrected chi connectivity index (χ3v) is 3.28. The molecule has 1 aromatic carbocycles. The Labute approximate surface area is 148 Å². The van der Waals surface area contributed by atoms with E-state index in [9.17, 15) is 4.79 Å². The number of aryl methyl sites for hydroxylation is 1. The van der Waals surface area contributed by atoms with Crippen LogP contribution in [-0.2, 0) is 9.53 Å². The number of rotatable bonds is 8. The Morgan fingerprint density at radius 3 is 2.24 bits per heavy atom. The zero-order valence-corrected chi connectivity index (χ0v) is 15.4. The van der Waals surface area contributed by atoms with Gasteiger partial charge in [0.15, 0.2) is 18.1 Å². The van der Waals surface area contributed by atoms with Crippen LogP contribution in [0.25, 0.3) is 10.9 Å². The summed E-state index contributed by atoms with van der Waals surface area (Å²) >= 11 is 0. The molecule has 0 saturated carbocycles. The van der Waals surface area contributed by atoms with Crippen LogP contribution in [0.3, 0.4) is 0 Å². The number of aromatic nitrogens is 1. The highest BCUT2D eigenvalue weighted by atomic mass is 16.6. The first kappa shape index (κ1) is 18.8. The van der Waals surface area contributed by atoms with Crippen LogP contribution in [0.15, 0.2) is 18.2 Å². The van der Waals surface area contributed by atoms with E-state index in [1.807, 2.05) is 32.9 Å². The minimum Gasteiger partial charge on any atom is -0.490 e. The normalized spacial score (nSPS) is 10.8. The molecule has 6 nitrogen and oxygen atoms in total. The van der Waals surface area contributed by atoms with E-state index in [1.165, 1.54) is 0 Å². The van der Waals surface area contributed by atoms with Gasteiger partial charge in [-0.05, 0) is 40.7 Å². The average molecular weight is 347 g/mol. The second-order valence-electron chi connectivity index (χ2n) is 5.77. The quantitative estimate of drug-likeness (QED) is 0.679. The van der Waals surface area contributed by atoms with Crippen molar-refractivity contribution in [2.45, 2.75) is 40.7 Å². The lowest BCUT2D eigenvalue weighted by Gasteiger charge is -2.15. The predicted octanol–water partition coefficient (Wildman–Crippen LogP) is 3.67. The lowest BCUT2D eigenvalue weighted by Crippen LogP contribution is -2.18. The number of nitrogens with zero attached hydrogens (tertiary/aromatic N) is 1. The number of ether oxygens (including phenoxy) is 4. The maximum Gasteiger partial charge on any atom is 0.344 e. The molecule has 0 radical (unpaired) electrons. The molecule has 0 atom stereocenters. The van der Waals surface area contributed by atoms with Crippen LogP contribution in [0.4, 0.5) is 0 Å². The molecule has 0 unspecified atom stereocenters. The van der Waals surface area contributed by atoms with Gasteiger partial charge in [-0.3, -0.25) is 4.98 Å². The number of carbonyl (C=O) groups excluding carboxylic acids is 1. The van der Waals surface area contributed by atoms with E-state index in [2.05, 4.69) is 4.98 Å². The van der Waals surface area contributed by atoms with Gasteiger partial charge in [-0.15, -0.1) is 0 Å². The molecule has 0 spiro atoms. The molecule has 1 heterocycles. The van der Waals surface area contributed by atoms with Crippen molar-refractivity contribution in [2.24, 2.45) is 0 Å². The minimum atomic E-state index is -0.409. The van der Waals surface area contributed by atoms with Crippen molar-refractivity contribution in [3.63, 3.8) is 0 Å². The first-order chi connectivity index (χ1) is 11.9. The van der Waals surface area contributed by atoms with Gasteiger partial charge in [0.2, 0.25) is 0 Å². The molecule has 2 rings (SSSR count). The Bertz CT molecular complexity index is 742. The monoisotopic (exact) mass is 347 g/mol. The molecule has 2 aromatic rings. The number of pyridine rings is 1. The van der Waals surface area contributed by atoms with Gasteiger partial charge in [-0.2, -0.15) is 0 Å². The number of fused-ring (bicyclic) bond motifs is 1. The van der Waals surface area contributed by atoms with Crippen molar-refractivity contribution in [2.75, 3.05) is 19.8 Å². The van der Waals surface area contributed by atoms with E-state index >= 15 is 0 Å². The zero-order chi connectivity index (χ0) is 18.4. The lowest BCUT2D eigenvalue weighted by atomic mass is 10.1. The molecule has 0 amide bonds. The number of carbonyl (C=O) groups is 1. The van der Waals surface area contributed by atoms with Gasteiger partial charge in [0, 0.05) is 23.2 Å². The van der Waals surface area contributed by atoms with Crippen LogP contribution in [0.1, 0.15) is 33.4 Å². The summed E-state index contributed by atoms with van der Waals surface area (Å²) in [6.45, 7) is 10.2. The molecular weight excluding hydrogens is 322 g/mol. The highest BCUT2D eigenvalue weighted by molar-refractivity contribution is 5.88. The smallest absolute Gasteiger partial charge is 0.344 e. The van der Waals surface area contributed by atoms with Crippen LogP contribution < -0.4 is 14.2 Å². The highest BCUT2D eigenvalue weighted by Crippen LogP contribution is 2.36. The van der Waals surface area contributed by atoms with Gasteiger partial charge in [0.05, 0.1) is 24.8 Å². The first-order valence-corrected chi connectivity index (χ1v) is 8.47. The van der Waals surface area contributed by atoms with Crippen molar-refractivity contribution in [3.05, 3.63) is 23.9 Å². The molecule has 1 aromatic heterocycles. The summed E-state index contributed by atoms with van der Waals surface area (Å²) in [5, 5.41) is 0.759. The van der Waals surface area contributed by atoms with Crippen molar-refractivity contribution < 1.29 is 23.7 Å². The maximum absolute atomic E-state index is 11.7. The van der Waals surface area contributed by atoms with Gasteiger partial charge in [-0.25, -0.2) is 4.79 Å². The average Bonchev–Trinajstić information content (AvgIpc) is 2.53. The molecule has 6 heteroatoms. The molecular formula is C19H25NO5. The summed E-state index contributed by atoms with van der Waals surface area (Å²) in [6.07, 6.45) is -0.176. The third kappa shape index (κ3) is 4.98. The molecule has 0 aliphatic heterocycles. The van der Waals surface area contributed by atoms with Crippen LogP contribution in [-0.4, -0.2) is 36.9 Å². The topological polar surface area (TPSA) is 66.9 Å². The second kappa shape index (κ2) is 8.55. The summed E-state index contributed by atoms with van der Waals surface area (Å²) in [6, 6.07) is 5.45. The Morgan fingerprint density at radius 1 is 1.00 bits per heavy atom. The maximum atomic E-state index is 11.7. The number of hydrogen-bond donors (Lipinski definition) is 0. The van der Waals surface area contributed by atoms with Gasteiger partial charge >= 0.3 is 5.97 Å². The second-order valence-corrected chi connectivity index (χ2v) is 5.77. The van der Waals surface area contributed by atoms with E-state index in [4.69, 9.17) is 18.9 Å². The van der Waals surface area contributed by atoms with Crippen LogP contribution in [0.5, 0.6) is 17.2 Å². The minimum absolute atomic E-state index is 0.159. The number of esters is 1. The Balaban J connectivity index is 2.38. The Morgan fingerprint density at radius 2 is 1.64 bits per heavy atom. The van der Waals surface area contributed by atoms with Crippen LogP contribution in [0, 0.1) is 6.92 Å². The summed E-state index contributed by atoms with van der Waals surface area (Å²) in [7, 11) is 0. The first-order valence-electron chi connectivity index (χ1n) is 8.47. The Hall–Kier alpha value is -2.50. The molecule has 25 heavy (non-hydrogen) atoms. The van der Waals surface area contributed by atoms with Crippen LogP contribution >= 0.6 is 0 Å². The van der Waals surface area contributed by atoms with Crippen molar-refractivity contribution in [3.8, 4) is 17.2 Å². The van der Waals surface area contributed by atoms with E-state index in [0.717, 1.165) is 16.6 Å². The van der Waals surface area contributed by atoms with E-state index in [0.29, 0.717) is 30.5 Å². The van der Waals surface area contributed by atoms with Gasteiger partial charge in [0.1, 0.15) is 5.75 Å². The fraction of sp³-hybridized carbons (Fsp3) is 0.474. The molecule has 0 saturated heterocycles. The number of hydrogen-bond acceptors (Lipinski definition) is 6. The SMILES string of the molecule is CCOc1cc2nc(C)cc(OCC(=O)OC(C)C)c2cc1OCC. The molecule has 0 bridgehead atoms. The molecule has 136 valence electrons. The molecule has 0 aliphatic carbocycles. The van der Waals surface area contributed by atoms with Crippen molar-refractivity contribution in [1.29, 1.82) is 0 Å². The van der Waals surface area contributed by atoms with E-state index in [-0.39, 0.29) is 12.7 Å². The zero-order valence-electron chi connectivity index (χ0n) is 15.4. The van der Waals surface area contributed by atoms with Crippen LogP contribution in [0.2, 0.25) is 0 Å². The Kier molecular flexibility index (Phi) is 6.44. The van der Waals surface area contributed by atoms with Crippen molar-refractivity contribution >= 4 is 16.9 Å². The summed E-state index contributed by atoms with van der Waals surface area (Å²) < 4.78 is 22.1. The fourth-order valence-corrected chi connectivity index (χ4v) is 2.42. The molecule has 0 fully saturated rings. The van der Waals surface area contributed by atoms with Gasteiger partial charge in [0.25, 0.3) is 0 Å². The summed E-state index contributed by atoms with van der Waals surface area (Å²) in [5.41, 5.74) is 1.51. The third-order valence-electron chi connectivity index (χ3n) is 3.28.